The zero-order chi connectivity index (χ0) is 16.1. The van der Waals surface area contributed by atoms with Crippen LogP contribution in [0.25, 0.3) is 20.2 Å². The molecule has 120 valence electrons. The Kier molecular flexibility index (Phi) is 6.09. The molecule has 0 unspecified atom stereocenters. The van der Waals surface area contributed by atoms with E-state index in [2.05, 4.69) is 71.4 Å². The Bertz CT molecular complexity index is 737. The largest absolute Gasteiger partial charge is 0.134 e. The van der Waals surface area contributed by atoms with E-state index in [0.717, 1.165) is 0 Å². The molecule has 0 nitrogen and oxygen atoms in total. The van der Waals surface area contributed by atoms with Crippen molar-refractivity contribution in [1.29, 1.82) is 0 Å². The first-order valence-corrected chi connectivity index (χ1v) is 10.6. The van der Waals surface area contributed by atoms with Crippen molar-refractivity contribution in [2.45, 2.75) is 39.0 Å². The van der Waals surface area contributed by atoms with Crippen LogP contribution >= 0.6 is 38.6 Å². The number of thiophene rings is 2. The van der Waals surface area contributed by atoms with Gasteiger partial charge in [0.05, 0.1) is 3.79 Å². The van der Waals surface area contributed by atoms with Gasteiger partial charge in [-0.3, -0.25) is 0 Å². The molecule has 2 aromatic heterocycles. The van der Waals surface area contributed by atoms with E-state index in [4.69, 9.17) is 0 Å². The molecule has 0 bridgehead atoms. The van der Waals surface area contributed by atoms with Gasteiger partial charge in [-0.15, -0.1) is 22.7 Å². The van der Waals surface area contributed by atoms with Gasteiger partial charge in [-0.25, -0.2) is 0 Å². The van der Waals surface area contributed by atoms with Crippen LogP contribution in [0.3, 0.4) is 0 Å². The summed E-state index contributed by atoms with van der Waals surface area (Å²) in [5.41, 5.74) is 2.79. The summed E-state index contributed by atoms with van der Waals surface area (Å²) >= 11 is 7.21. The van der Waals surface area contributed by atoms with Crippen LogP contribution in [0.5, 0.6) is 0 Å². The van der Waals surface area contributed by atoms with Crippen molar-refractivity contribution in [3.63, 3.8) is 0 Å². The van der Waals surface area contributed by atoms with Crippen LogP contribution in [0.1, 0.15) is 38.2 Å². The molecule has 3 aromatic rings. The van der Waals surface area contributed by atoms with Gasteiger partial charge >= 0.3 is 0 Å². The number of hydrogen-bond donors (Lipinski definition) is 0. The van der Waals surface area contributed by atoms with Gasteiger partial charge in [-0.1, -0.05) is 50.5 Å². The highest BCUT2D eigenvalue weighted by Crippen LogP contribution is 2.38. The van der Waals surface area contributed by atoms with Gasteiger partial charge in [0, 0.05) is 14.6 Å². The molecule has 0 spiro atoms. The number of hydrogen-bond acceptors (Lipinski definition) is 2. The molecule has 0 saturated carbocycles. The number of aryl methyl sites for hydroxylation is 1. The van der Waals surface area contributed by atoms with E-state index < -0.39 is 0 Å². The second-order valence-electron chi connectivity index (χ2n) is 5.78. The smallest absolute Gasteiger partial charge is 0.0705 e. The van der Waals surface area contributed by atoms with Crippen molar-refractivity contribution in [1.82, 2.24) is 0 Å². The average molecular weight is 405 g/mol. The van der Waals surface area contributed by atoms with Crippen molar-refractivity contribution in [3.05, 3.63) is 57.9 Å². The normalized spacial score (nSPS) is 11.0. The molecular weight excluding hydrogens is 384 g/mol. The maximum atomic E-state index is 3.54. The molecule has 2 heterocycles. The van der Waals surface area contributed by atoms with Crippen molar-refractivity contribution in [2.75, 3.05) is 0 Å². The lowest BCUT2D eigenvalue weighted by atomic mass is 10.0. The first kappa shape index (κ1) is 16.9. The minimum atomic E-state index is 1.19. The molecule has 0 atom stereocenters. The van der Waals surface area contributed by atoms with Gasteiger partial charge in [-0.2, -0.15) is 0 Å². The lowest BCUT2D eigenvalue weighted by Crippen LogP contribution is -1.85. The van der Waals surface area contributed by atoms with E-state index in [1.165, 1.54) is 61.6 Å². The molecule has 1 aromatic carbocycles. The fourth-order valence-corrected chi connectivity index (χ4v) is 5.15. The van der Waals surface area contributed by atoms with Crippen molar-refractivity contribution >= 4 is 38.6 Å². The first-order chi connectivity index (χ1) is 11.3. The first-order valence-electron chi connectivity index (χ1n) is 8.21. The summed E-state index contributed by atoms with van der Waals surface area (Å²) < 4.78 is 1.19. The molecular formula is C20H21BrS2. The second kappa shape index (κ2) is 8.27. The lowest BCUT2D eigenvalue weighted by Gasteiger charge is -2.03. The predicted molar refractivity (Wildman–Crippen MR) is 109 cm³/mol. The summed E-state index contributed by atoms with van der Waals surface area (Å²) in [7, 11) is 0. The zero-order valence-electron chi connectivity index (χ0n) is 13.3. The zero-order valence-corrected chi connectivity index (χ0v) is 16.6. The van der Waals surface area contributed by atoms with Crippen LogP contribution in [-0.4, -0.2) is 0 Å². The average Bonchev–Trinajstić information content (AvgIpc) is 3.21. The number of rotatable bonds is 7. The summed E-state index contributed by atoms with van der Waals surface area (Å²) in [4.78, 5) is 4.03. The summed E-state index contributed by atoms with van der Waals surface area (Å²) in [6.07, 6.45) is 6.53. The van der Waals surface area contributed by atoms with Crippen LogP contribution < -0.4 is 0 Å². The highest BCUT2D eigenvalue weighted by atomic mass is 79.9. The number of unbranched alkanes of at least 4 members (excludes halogenated alkanes) is 3. The summed E-state index contributed by atoms with van der Waals surface area (Å²) in [5.74, 6) is 0. The Morgan fingerprint density at radius 1 is 0.739 bits per heavy atom. The maximum absolute atomic E-state index is 3.54. The van der Waals surface area contributed by atoms with Gasteiger partial charge < -0.3 is 0 Å². The molecule has 0 aliphatic carbocycles. The van der Waals surface area contributed by atoms with E-state index in [0.29, 0.717) is 0 Å². The Labute approximate surface area is 155 Å². The van der Waals surface area contributed by atoms with Gasteiger partial charge in [0.25, 0.3) is 0 Å². The molecule has 3 rings (SSSR count). The third kappa shape index (κ3) is 4.56. The fraction of sp³-hybridized carbons (Fsp3) is 0.300. The molecule has 3 heteroatoms. The van der Waals surface area contributed by atoms with Crippen LogP contribution in [0.4, 0.5) is 0 Å². The van der Waals surface area contributed by atoms with E-state index in [9.17, 15) is 0 Å². The van der Waals surface area contributed by atoms with E-state index >= 15 is 0 Å². The summed E-state index contributed by atoms with van der Waals surface area (Å²) in [5, 5.41) is 0. The van der Waals surface area contributed by atoms with E-state index in [-0.39, 0.29) is 0 Å². The molecule has 0 fully saturated rings. The van der Waals surface area contributed by atoms with Crippen LogP contribution in [0, 0.1) is 0 Å². The molecule has 0 amide bonds. The molecule has 0 aliphatic heterocycles. The second-order valence-corrected chi connectivity index (χ2v) is 9.32. The minimum absolute atomic E-state index is 1.19. The van der Waals surface area contributed by atoms with Crippen molar-refractivity contribution in [2.24, 2.45) is 0 Å². The van der Waals surface area contributed by atoms with Gasteiger partial charge in [0.1, 0.15) is 0 Å². The highest BCUT2D eigenvalue weighted by molar-refractivity contribution is 9.11. The van der Waals surface area contributed by atoms with E-state index in [1.54, 1.807) is 11.3 Å². The minimum Gasteiger partial charge on any atom is -0.134 e. The quantitative estimate of drug-likeness (QED) is 0.349. The molecule has 0 N–H and O–H groups in total. The lowest BCUT2D eigenvalue weighted by molar-refractivity contribution is 0.667. The van der Waals surface area contributed by atoms with Crippen LogP contribution in [-0.2, 0) is 6.42 Å². The molecule has 23 heavy (non-hydrogen) atoms. The van der Waals surface area contributed by atoms with Crippen LogP contribution in [0.2, 0.25) is 0 Å². The monoisotopic (exact) mass is 404 g/mol. The number of benzene rings is 1. The molecule has 0 aliphatic rings. The topological polar surface area (TPSA) is 0 Å². The SMILES string of the molecule is CCCCCCc1ccc(-c2ccc(-c3ccc(Br)s3)s2)cc1. The molecule has 0 radical (unpaired) electrons. The predicted octanol–water partition coefficient (Wildman–Crippen LogP) is 8.03. The van der Waals surface area contributed by atoms with Gasteiger partial charge in [0.15, 0.2) is 0 Å². The van der Waals surface area contributed by atoms with Gasteiger partial charge in [-0.05, 0) is 64.2 Å². The Morgan fingerprint density at radius 2 is 1.43 bits per heavy atom. The Morgan fingerprint density at radius 3 is 2.13 bits per heavy atom. The maximum Gasteiger partial charge on any atom is 0.0705 e. The Balaban J connectivity index is 1.66. The van der Waals surface area contributed by atoms with Crippen molar-refractivity contribution < 1.29 is 0 Å². The molecule has 0 saturated heterocycles. The summed E-state index contributed by atoms with van der Waals surface area (Å²) in [6.45, 7) is 2.26. The Hall–Kier alpha value is -0.900. The third-order valence-corrected chi connectivity index (χ3v) is 6.93. The summed E-state index contributed by atoms with van der Waals surface area (Å²) in [6, 6.07) is 17.9. The van der Waals surface area contributed by atoms with Gasteiger partial charge in [0.2, 0.25) is 0 Å². The highest BCUT2D eigenvalue weighted by Gasteiger charge is 2.07. The fourth-order valence-electron chi connectivity index (χ4n) is 2.66. The standard InChI is InChI=1S/C20H21BrS2/c1-2-3-4-5-6-15-7-9-16(10-8-15)17-11-12-18(22-17)19-13-14-20(21)23-19/h7-14H,2-6H2,1H3. The third-order valence-electron chi connectivity index (χ3n) is 3.98. The number of halogens is 1. The van der Waals surface area contributed by atoms with Crippen LogP contribution in [0.15, 0.2) is 52.3 Å². The van der Waals surface area contributed by atoms with E-state index in [1.807, 2.05) is 11.3 Å². The van der Waals surface area contributed by atoms with Crippen molar-refractivity contribution in [3.8, 4) is 20.2 Å².